The first-order valence-corrected chi connectivity index (χ1v) is 9.40. The van der Waals surface area contributed by atoms with Crippen LogP contribution in [0.4, 0.5) is 4.39 Å². The molecule has 1 N–H and O–H groups in total. The van der Waals surface area contributed by atoms with E-state index in [0.717, 1.165) is 22.6 Å². The molecular formula is C23H26FNO3. The Morgan fingerprint density at radius 3 is 2.39 bits per heavy atom. The molecule has 0 bridgehead atoms. The van der Waals surface area contributed by atoms with Crippen molar-refractivity contribution in [3.05, 3.63) is 95.2 Å². The van der Waals surface area contributed by atoms with Gasteiger partial charge in [0, 0.05) is 13.1 Å². The number of hydrogen-bond donors (Lipinski definition) is 1. The maximum atomic E-state index is 13.2. The maximum Gasteiger partial charge on any atom is 0.123 e. The molecule has 3 aromatic rings. The largest absolute Gasteiger partial charge is 0.465 e. The van der Waals surface area contributed by atoms with Gasteiger partial charge in [-0.25, -0.2) is 4.39 Å². The van der Waals surface area contributed by atoms with Crippen molar-refractivity contribution < 1.29 is 18.7 Å². The fourth-order valence-corrected chi connectivity index (χ4v) is 3.06. The Hall–Kier alpha value is -2.47. The molecule has 1 atom stereocenters. The highest BCUT2D eigenvalue weighted by molar-refractivity contribution is 5.16. The Labute approximate surface area is 165 Å². The number of rotatable bonds is 10. The van der Waals surface area contributed by atoms with Gasteiger partial charge in [-0.05, 0) is 42.3 Å². The van der Waals surface area contributed by atoms with Crippen LogP contribution in [0.3, 0.4) is 0 Å². The number of furan rings is 1. The fraction of sp³-hybridized carbons (Fsp3) is 0.304. The molecule has 4 nitrogen and oxygen atoms in total. The van der Waals surface area contributed by atoms with E-state index >= 15 is 0 Å². The SMILES string of the molecule is Cc1ccc(CN(Cc2ccc(F)cc2)C[C@H](O)COCc2ccccc2)o1. The van der Waals surface area contributed by atoms with Crippen LogP contribution in [0.1, 0.15) is 22.6 Å². The fourth-order valence-electron chi connectivity index (χ4n) is 3.06. The zero-order valence-electron chi connectivity index (χ0n) is 16.1. The molecule has 1 aromatic heterocycles. The van der Waals surface area contributed by atoms with Gasteiger partial charge in [-0.3, -0.25) is 4.90 Å². The molecule has 148 valence electrons. The number of halogens is 1. The van der Waals surface area contributed by atoms with Gasteiger partial charge < -0.3 is 14.3 Å². The van der Waals surface area contributed by atoms with Crippen molar-refractivity contribution >= 4 is 0 Å². The van der Waals surface area contributed by atoms with E-state index in [-0.39, 0.29) is 12.4 Å². The van der Waals surface area contributed by atoms with E-state index < -0.39 is 6.10 Å². The van der Waals surface area contributed by atoms with E-state index in [1.54, 1.807) is 12.1 Å². The highest BCUT2D eigenvalue weighted by Gasteiger charge is 2.15. The average Bonchev–Trinajstić information content (AvgIpc) is 3.09. The third-order valence-corrected chi connectivity index (χ3v) is 4.39. The smallest absolute Gasteiger partial charge is 0.123 e. The van der Waals surface area contributed by atoms with E-state index in [1.807, 2.05) is 49.4 Å². The number of aliphatic hydroxyl groups excluding tert-OH is 1. The highest BCUT2D eigenvalue weighted by atomic mass is 19.1. The molecule has 0 amide bonds. The van der Waals surface area contributed by atoms with Crippen molar-refractivity contribution in [3.8, 4) is 0 Å². The Balaban J connectivity index is 1.56. The summed E-state index contributed by atoms with van der Waals surface area (Å²) in [5.74, 6) is 1.42. The Bertz CT molecular complexity index is 833. The first-order chi connectivity index (χ1) is 13.6. The van der Waals surface area contributed by atoms with Gasteiger partial charge in [-0.2, -0.15) is 0 Å². The second kappa shape index (κ2) is 10.2. The second-order valence-corrected chi connectivity index (χ2v) is 6.96. The van der Waals surface area contributed by atoms with Gasteiger partial charge in [0.15, 0.2) is 0 Å². The summed E-state index contributed by atoms with van der Waals surface area (Å²) < 4.78 is 24.5. The molecular weight excluding hydrogens is 357 g/mol. The van der Waals surface area contributed by atoms with Crippen LogP contribution in [0, 0.1) is 12.7 Å². The third-order valence-electron chi connectivity index (χ3n) is 4.39. The van der Waals surface area contributed by atoms with Crippen LogP contribution in [-0.4, -0.2) is 29.3 Å². The molecule has 0 aliphatic rings. The number of benzene rings is 2. The number of aryl methyl sites for hydroxylation is 1. The number of nitrogens with zero attached hydrogens (tertiary/aromatic N) is 1. The summed E-state index contributed by atoms with van der Waals surface area (Å²) in [4.78, 5) is 2.07. The van der Waals surface area contributed by atoms with Crippen molar-refractivity contribution in [3.63, 3.8) is 0 Å². The predicted octanol–water partition coefficient (Wildman–Crippen LogP) is 4.31. The molecule has 0 unspecified atom stereocenters. The molecule has 5 heteroatoms. The summed E-state index contributed by atoms with van der Waals surface area (Å²) in [6, 6.07) is 20.1. The standard InChI is InChI=1S/C23H26FNO3/c1-18-7-12-23(28-18)15-25(13-19-8-10-21(24)11-9-19)14-22(26)17-27-16-20-5-3-2-4-6-20/h2-12,22,26H,13-17H2,1H3/t22-/m0/s1. The summed E-state index contributed by atoms with van der Waals surface area (Å²) in [5, 5.41) is 10.4. The summed E-state index contributed by atoms with van der Waals surface area (Å²) in [6.07, 6.45) is -0.639. The van der Waals surface area contributed by atoms with Gasteiger partial charge in [0.1, 0.15) is 17.3 Å². The monoisotopic (exact) mass is 383 g/mol. The average molecular weight is 383 g/mol. The number of ether oxygens (including phenoxy) is 1. The lowest BCUT2D eigenvalue weighted by atomic mass is 10.2. The summed E-state index contributed by atoms with van der Waals surface area (Å²) in [7, 11) is 0. The van der Waals surface area contributed by atoms with Crippen LogP contribution in [0.5, 0.6) is 0 Å². The first kappa shape index (κ1) is 20.3. The second-order valence-electron chi connectivity index (χ2n) is 6.96. The Morgan fingerprint density at radius 2 is 1.71 bits per heavy atom. The lowest BCUT2D eigenvalue weighted by Crippen LogP contribution is -2.34. The normalized spacial score (nSPS) is 12.4. The van der Waals surface area contributed by atoms with E-state index in [9.17, 15) is 9.50 Å². The predicted molar refractivity (Wildman–Crippen MR) is 106 cm³/mol. The Kier molecular flexibility index (Phi) is 7.37. The topological polar surface area (TPSA) is 45.8 Å². The molecule has 0 fully saturated rings. The quantitative estimate of drug-likeness (QED) is 0.567. The van der Waals surface area contributed by atoms with E-state index in [0.29, 0.717) is 26.2 Å². The molecule has 0 radical (unpaired) electrons. The molecule has 0 spiro atoms. The first-order valence-electron chi connectivity index (χ1n) is 9.40. The van der Waals surface area contributed by atoms with Crippen molar-refractivity contribution in [2.24, 2.45) is 0 Å². The minimum Gasteiger partial charge on any atom is -0.465 e. The minimum atomic E-state index is -0.639. The van der Waals surface area contributed by atoms with E-state index in [2.05, 4.69) is 4.90 Å². The lowest BCUT2D eigenvalue weighted by Gasteiger charge is -2.24. The van der Waals surface area contributed by atoms with Gasteiger partial charge in [-0.15, -0.1) is 0 Å². The van der Waals surface area contributed by atoms with Gasteiger partial charge in [-0.1, -0.05) is 42.5 Å². The van der Waals surface area contributed by atoms with Crippen LogP contribution >= 0.6 is 0 Å². The highest BCUT2D eigenvalue weighted by Crippen LogP contribution is 2.14. The van der Waals surface area contributed by atoms with Gasteiger partial charge in [0.2, 0.25) is 0 Å². The van der Waals surface area contributed by atoms with Crippen LogP contribution < -0.4 is 0 Å². The van der Waals surface area contributed by atoms with Crippen molar-refractivity contribution in [1.82, 2.24) is 4.90 Å². The van der Waals surface area contributed by atoms with Gasteiger partial charge in [0.05, 0.1) is 25.9 Å². The van der Waals surface area contributed by atoms with Crippen LogP contribution in [0.2, 0.25) is 0 Å². The number of hydrogen-bond acceptors (Lipinski definition) is 4. The molecule has 0 saturated carbocycles. The lowest BCUT2D eigenvalue weighted by molar-refractivity contribution is 0.00610. The van der Waals surface area contributed by atoms with E-state index in [1.165, 1.54) is 12.1 Å². The molecule has 3 rings (SSSR count). The van der Waals surface area contributed by atoms with Crippen LogP contribution in [0.15, 0.2) is 71.1 Å². The van der Waals surface area contributed by atoms with Crippen LogP contribution in [0.25, 0.3) is 0 Å². The summed E-state index contributed by atoms with van der Waals surface area (Å²) in [6.45, 7) is 4.17. The molecule has 1 heterocycles. The van der Waals surface area contributed by atoms with Crippen molar-refractivity contribution in [2.45, 2.75) is 32.7 Å². The summed E-state index contributed by atoms with van der Waals surface area (Å²) in [5.41, 5.74) is 2.05. The molecule has 0 aliphatic heterocycles. The third kappa shape index (κ3) is 6.60. The summed E-state index contributed by atoms with van der Waals surface area (Å²) >= 11 is 0. The zero-order chi connectivity index (χ0) is 19.8. The molecule has 2 aromatic carbocycles. The number of aliphatic hydroxyl groups is 1. The van der Waals surface area contributed by atoms with Crippen molar-refractivity contribution in [1.29, 1.82) is 0 Å². The Morgan fingerprint density at radius 1 is 0.964 bits per heavy atom. The molecule has 28 heavy (non-hydrogen) atoms. The molecule has 0 aliphatic carbocycles. The van der Waals surface area contributed by atoms with Crippen LogP contribution in [-0.2, 0) is 24.4 Å². The zero-order valence-corrected chi connectivity index (χ0v) is 16.1. The van der Waals surface area contributed by atoms with Gasteiger partial charge in [0.25, 0.3) is 0 Å². The van der Waals surface area contributed by atoms with Crippen molar-refractivity contribution in [2.75, 3.05) is 13.2 Å². The van der Waals surface area contributed by atoms with Gasteiger partial charge >= 0.3 is 0 Å². The molecule has 0 saturated heterocycles. The maximum absolute atomic E-state index is 13.2. The minimum absolute atomic E-state index is 0.242. The van der Waals surface area contributed by atoms with E-state index in [4.69, 9.17) is 9.15 Å².